The molecule has 2 N–H and O–H groups in total. The van der Waals surface area contributed by atoms with Crippen molar-refractivity contribution in [2.24, 2.45) is 5.92 Å². The summed E-state index contributed by atoms with van der Waals surface area (Å²) in [5, 5.41) is 11.0. The Morgan fingerprint density at radius 3 is 2.32 bits per heavy atom. The maximum absolute atomic E-state index is 12.2. The lowest BCUT2D eigenvalue weighted by Gasteiger charge is -2.10. The molecule has 0 bridgehead atoms. The fourth-order valence-corrected chi connectivity index (χ4v) is 3.16. The maximum Gasteiger partial charge on any atom is 0.264 e. The predicted molar refractivity (Wildman–Crippen MR) is 87.6 cm³/mol. The van der Waals surface area contributed by atoms with E-state index in [-0.39, 0.29) is 15.7 Å². The summed E-state index contributed by atoms with van der Waals surface area (Å²) in [6.45, 7) is 4.92. The van der Waals surface area contributed by atoms with Crippen LogP contribution in [0.2, 0.25) is 5.02 Å². The van der Waals surface area contributed by atoms with E-state index in [1.165, 1.54) is 12.1 Å². The minimum Gasteiger partial charge on any atom is -0.368 e. The number of nitrogens with zero attached hydrogens (tertiary/aromatic N) is 2. The lowest BCUT2D eigenvalue weighted by molar-refractivity contribution is 0.601. The fourth-order valence-electron chi connectivity index (χ4n) is 1.64. The Morgan fingerprint density at radius 2 is 1.73 bits per heavy atom. The molecule has 118 valence electrons. The summed E-state index contributed by atoms with van der Waals surface area (Å²) in [6.07, 6.45) is 0. The molecule has 22 heavy (non-hydrogen) atoms. The molecule has 1 aromatic carbocycles. The molecule has 1 aromatic heterocycles. The molecule has 0 radical (unpaired) electrons. The van der Waals surface area contributed by atoms with E-state index in [0.29, 0.717) is 11.7 Å². The van der Waals surface area contributed by atoms with Crippen LogP contribution in [0, 0.1) is 5.92 Å². The number of hydrogen-bond donors (Lipinski definition) is 2. The third-order valence-corrected chi connectivity index (χ3v) is 4.58. The summed E-state index contributed by atoms with van der Waals surface area (Å²) < 4.78 is 26.8. The van der Waals surface area contributed by atoms with Crippen LogP contribution in [0.25, 0.3) is 0 Å². The van der Waals surface area contributed by atoms with Gasteiger partial charge in [-0.2, -0.15) is 0 Å². The largest absolute Gasteiger partial charge is 0.368 e. The van der Waals surface area contributed by atoms with Gasteiger partial charge in [0.25, 0.3) is 10.0 Å². The van der Waals surface area contributed by atoms with Gasteiger partial charge in [0.1, 0.15) is 10.7 Å². The van der Waals surface area contributed by atoms with Crippen LogP contribution >= 0.6 is 11.6 Å². The van der Waals surface area contributed by atoms with Crippen molar-refractivity contribution in [1.82, 2.24) is 10.2 Å². The van der Waals surface area contributed by atoms with Gasteiger partial charge < -0.3 is 5.32 Å². The van der Waals surface area contributed by atoms with Gasteiger partial charge in [-0.1, -0.05) is 37.6 Å². The second kappa shape index (κ2) is 6.93. The number of anilines is 2. The third-order valence-electron chi connectivity index (χ3n) is 2.72. The van der Waals surface area contributed by atoms with E-state index in [2.05, 4.69) is 34.1 Å². The molecule has 6 nitrogen and oxygen atoms in total. The second-order valence-electron chi connectivity index (χ2n) is 5.11. The minimum atomic E-state index is -3.79. The zero-order valence-electron chi connectivity index (χ0n) is 12.2. The van der Waals surface area contributed by atoms with Crippen molar-refractivity contribution >= 4 is 33.3 Å². The van der Waals surface area contributed by atoms with Gasteiger partial charge in [-0.15, -0.1) is 10.2 Å². The molecule has 0 unspecified atom stereocenters. The van der Waals surface area contributed by atoms with Crippen molar-refractivity contribution in [3.8, 4) is 0 Å². The van der Waals surface area contributed by atoms with E-state index in [9.17, 15) is 8.42 Å². The normalized spacial score (nSPS) is 11.5. The van der Waals surface area contributed by atoms with Crippen LogP contribution in [0.3, 0.4) is 0 Å². The van der Waals surface area contributed by atoms with Gasteiger partial charge in [0.05, 0.1) is 5.02 Å². The molecule has 0 aliphatic carbocycles. The van der Waals surface area contributed by atoms with Crippen LogP contribution in [-0.4, -0.2) is 25.2 Å². The maximum atomic E-state index is 12.2. The van der Waals surface area contributed by atoms with Crippen molar-refractivity contribution in [1.29, 1.82) is 0 Å². The van der Waals surface area contributed by atoms with Crippen LogP contribution in [0.15, 0.2) is 41.3 Å². The first-order chi connectivity index (χ1) is 10.4. The Balaban J connectivity index is 2.12. The Kier molecular flexibility index (Phi) is 5.20. The summed E-state index contributed by atoms with van der Waals surface area (Å²) in [4.78, 5) is 0.000441. The van der Waals surface area contributed by atoms with E-state index >= 15 is 0 Å². The molecule has 0 fully saturated rings. The highest BCUT2D eigenvalue weighted by Crippen LogP contribution is 2.22. The Labute approximate surface area is 135 Å². The van der Waals surface area contributed by atoms with Gasteiger partial charge in [0.2, 0.25) is 0 Å². The van der Waals surface area contributed by atoms with E-state index in [4.69, 9.17) is 11.6 Å². The summed E-state index contributed by atoms with van der Waals surface area (Å²) in [7, 11) is -3.79. The smallest absolute Gasteiger partial charge is 0.264 e. The lowest BCUT2D eigenvalue weighted by Crippen LogP contribution is -2.15. The van der Waals surface area contributed by atoms with Crippen molar-refractivity contribution < 1.29 is 8.42 Å². The molecule has 8 heteroatoms. The molecule has 0 spiro atoms. The molecule has 0 amide bonds. The number of nitrogens with one attached hydrogen (secondary N) is 2. The van der Waals surface area contributed by atoms with Crippen molar-refractivity contribution in [3.05, 3.63) is 41.4 Å². The standard InChI is InChI=1S/C14H17ClN4O2S/c1-10(2)9-16-13-7-8-14(18-17-13)19-22(20,21)12-6-4-3-5-11(12)15/h3-8,10H,9H2,1-2H3,(H,16,17)(H,18,19). The van der Waals surface area contributed by atoms with E-state index in [1.807, 2.05) is 0 Å². The average molecular weight is 341 g/mol. The van der Waals surface area contributed by atoms with Crippen molar-refractivity contribution in [2.45, 2.75) is 18.7 Å². The predicted octanol–water partition coefficient (Wildman–Crippen LogP) is 3.00. The molecule has 0 aliphatic rings. The van der Waals surface area contributed by atoms with Crippen LogP contribution < -0.4 is 10.0 Å². The summed E-state index contributed by atoms with van der Waals surface area (Å²) in [6, 6.07) is 9.42. The first kappa shape index (κ1) is 16.5. The zero-order chi connectivity index (χ0) is 16.2. The monoisotopic (exact) mass is 340 g/mol. The number of benzene rings is 1. The third kappa shape index (κ3) is 4.32. The van der Waals surface area contributed by atoms with Gasteiger partial charge in [-0.25, -0.2) is 8.42 Å². The molecule has 2 aromatic rings. The number of aromatic nitrogens is 2. The van der Waals surface area contributed by atoms with E-state index in [0.717, 1.165) is 6.54 Å². The first-order valence-electron chi connectivity index (χ1n) is 6.73. The first-order valence-corrected chi connectivity index (χ1v) is 8.59. The highest BCUT2D eigenvalue weighted by Gasteiger charge is 2.18. The molecule has 0 atom stereocenters. The molecule has 1 heterocycles. The number of sulfonamides is 1. The average Bonchev–Trinajstić information content (AvgIpc) is 2.46. The Morgan fingerprint density at radius 1 is 1.09 bits per heavy atom. The molecule has 0 saturated heterocycles. The van der Waals surface area contributed by atoms with E-state index < -0.39 is 10.0 Å². The van der Waals surface area contributed by atoms with Gasteiger partial charge in [0, 0.05) is 6.54 Å². The van der Waals surface area contributed by atoms with Crippen LogP contribution in [-0.2, 0) is 10.0 Å². The van der Waals surface area contributed by atoms with E-state index in [1.54, 1.807) is 24.3 Å². The zero-order valence-corrected chi connectivity index (χ0v) is 13.8. The summed E-state index contributed by atoms with van der Waals surface area (Å²) in [5.41, 5.74) is 0. The number of halogens is 1. The van der Waals surface area contributed by atoms with Gasteiger partial charge in [0.15, 0.2) is 5.82 Å². The van der Waals surface area contributed by atoms with Crippen molar-refractivity contribution in [2.75, 3.05) is 16.6 Å². The molecular weight excluding hydrogens is 324 g/mol. The molecule has 2 rings (SSSR count). The Hall–Kier alpha value is -1.86. The lowest BCUT2D eigenvalue weighted by atomic mass is 10.2. The van der Waals surface area contributed by atoms with Crippen molar-refractivity contribution in [3.63, 3.8) is 0 Å². The summed E-state index contributed by atoms with van der Waals surface area (Å²) >= 11 is 5.91. The summed E-state index contributed by atoms with van der Waals surface area (Å²) in [5.74, 6) is 1.20. The second-order valence-corrected chi connectivity index (χ2v) is 7.17. The number of hydrogen-bond acceptors (Lipinski definition) is 5. The molecule has 0 saturated carbocycles. The van der Waals surface area contributed by atoms with Crippen LogP contribution in [0.1, 0.15) is 13.8 Å². The number of rotatable bonds is 6. The minimum absolute atomic E-state index is 0.000441. The quantitative estimate of drug-likeness (QED) is 0.844. The topological polar surface area (TPSA) is 84.0 Å². The van der Waals surface area contributed by atoms with Crippen LogP contribution in [0.4, 0.5) is 11.6 Å². The SMILES string of the molecule is CC(C)CNc1ccc(NS(=O)(=O)c2ccccc2Cl)nn1. The van der Waals surface area contributed by atoms with Gasteiger partial charge in [-0.3, -0.25) is 4.72 Å². The van der Waals surface area contributed by atoms with Gasteiger partial charge >= 0.3 is 0 Å². The highest BCUT2D eigenvalue weighted by atomic mass is 35.5. The van der Waals surface area contributed by atoms with Gasteiger partial charge in [-0.05, 0) is 30.2 Å². The highest BCUT2D eigenvalue weighted by molar-refractivity contribution is 7.92. The molecule has 0 aliphatic heterocycles. The molecular formula is C14H17ClN4O2S. The van der Waals surface area contributed by atoms with Crippen LogP contribution in [0.5, 0.6) is 0 Å². The Bertz CT molecular complexity index is 733. The fraction of sp³-hybridized carbons (Fsp3) is 0.286.